The van der Waals surface area contributed by atoms with Gasteiger partial charge in [-0.25, -0.2) is 9.37 Å². The van der Waals surface area contributed by atoms with Gasteiger partial charge in [-0.05, 0) is 42.3 Å². The molecule has 1 amide bonds. The van der Waals surface area contributed by atoms with Crippen LogP contribution in [0.3, 0.4) is 0 Å². The molecular weight excluding hydrogens is 345 g/mol. The van der Waals surface area contributed by atoms with Crippen molar-refractivity contribution in [1.29, 1.82) is 0 Å². The molecule has 0 saturated carbocycles. The van der Waals surface area contributed by atoms with Gasteiger partial charge in [0.2, 0.25) is 0 Å². The second kappa shape index (κ2) is 7.55. The molecule has 0 spiro atoms. The molecule has 0 bridgehead atoms. The Morgan fingerprint density at radius 3 is 2.88 bits per heavy atom. The summed E-state index contributed by atoms with van der Waals surface area (Å²) in [5.74, 6) is -0.986. The van der Waals surface area contributed by atoms with Crippen LogP contribution in [0.2, 0.25) is 5.02 Å². The van der Waals surface area contributed by atoms with Gasteiger partial charge in [0, 0.05) is 24.4 Å². The predicted octanol–water partition coefficient (Wildman–Crippen LogP) is 3.28. The van der Waals surface area contributed by atoms with Crippen LogP contribution in [0, 0.1) is 5.82 Å². The van der Waals surface area contributed by atoms with Crippen molar-refractivity contribution in [3.8, 4) is 0 Å². The van der Waals surface area contributed by atoms with E-state index in [2.05, 4.69) is 15.3 Å². The summed E-state index contributed by atoms with van der Waals surface area (Å²) in [6, 6.07) is 8.80. The molecule has 0 fully saturated rings. The molecule has 25 heavy (non-hydrogen) atoms. The Kier molecular flexibility index (Phi) is 5.21. The Bertz CT molecular complexity index is 920. The molecule has 0 aliphatic carbocycles. The lowest BCUT2D eigenvalue weighted by atomic mass is 10.0. The molecule has 3 aromatic rings. The minimum absolute atomic E-state index is 0.00244. The lowest BCUT2D eigenvalue weighted by Crippen LogP contribution is -2.30. The maximum absolute atomic E-state index is 13.7. The molecule has 1 unspecified atom stereocenters. The average molecular weight is 360 g/mol. The molecule has 2 aromatic heterocycles. The third-order valence-electron chi connectivity index (χ3n) is 3.79. The van der Waals surface area contributed by atoms with E-state index in [1.165, 1.54) is 12.1 Å². The zero-order valence-electron chi connectivity index (χ0n) is 13.1. The Morgan fingerprint density at radius 1 is 1.28 bits per heavy atom. The largest absolute Gasteiger partial charge is 0.396 e. The van der Waals surface area contributed by atoms with Crippen molar-refractivity contribution in [1.82, 2.24) is 15.3 Å². The Hall–Kier alpha value is -2.57. The van der Waals surface area contributed by atoms with E-state index in [1.54, 1.807) is 36.7 Å². The number of carbonyl (C=O) groups is 1. The zero-order valence-corrected chi connectivity index (χ0v) is 13.9. The van der Waals surface area contributed by atoms with Crippen LogP contribution < -0.4 is 5.32 Å². The maximum atomic E-state index is 13.7. The third kappa shape index (κ3) is 3.92. The van der Waals surface area contributed by atoms with Crippen molar-refractivity contribution in [2.24, 2.45) is 0 Å². The number of hydrogen-bond donors (Lipinski definition) is 2. The van der Waals surface area contributed by atoms with Crippen molar-refractivity contribution >= 4 is 28.4 Å². The fraction of sp³-hybridized carbons (Fsp3) is 0.167. The number of nitrogens with zero attached hydrogens (tertiary/aromatic N) is 2. The molecule has 0 saturated heterocycles. The number of pyridine rings is 2. The smallest absolute Gasteiger partial charge is 0.270 e. The molecule has 3 rings (SSSR count). The fourth-order valence-corrected chi connectivity index (χ4v) is 2.62. The summed E-state index contributed by atoms with van der Waals surface area (Å²) in [5, 5.41) is 12.9. The number of nitrogens with one attached hydrogen (secondary N) is 1. The predicted molar refractivity (Wildman–Crippen MR) is 92.9 cm³/mol. The maximum Gasteiger partial charge on any atom is 0.270 e. The number of aliphatic hydroxyl groups excluding tert-OH is 1. The molecule has 0 aliphatic heterocycles. The quantitative estimate of drug-likeness (QED) is 0.733. The van der Waals surface area contributed by atoms with Gasteiger partial charge in [-0.3, -0.25) is 9.78 Å². The number of aromatic nitrogens is 2. The molecule has 2 heterocycles. The van der Waals surface area contributed by atoms with Crippen LogP contribution in [0.25, 0.3) is 10.9 Å². The second-order valence-corrected chi connectivity index (χ2v) is 5.88. The van der Waals surface area contributed by atoms with Crippen molar-refractivity contribution in [2.45, 2.75) is 12.5 Å². The molecule has 1 aromatic carbocycles. The molecule has 0 radical (unpaired) electrons. The third-order valence-corrected chi connectivity index (χ3v) is 4.10. The van der Waals surface area contributed by atoms with Crippen LogP contribution in [0.1, 0.15) is 28.5 Å². The van der Waals surface area contributed by atoms with Crippen molar-refractivity contribution in [2.75, 3.05) is 6.61 Å². The number of benzene rings is 1. The standard InChI is InChI=1S/C18H15ClFN3O2/c19-13-3-1-11(9-14(13)20)16(6-8-24)23-18(25)17-4-2-12-10-21-7-5-15(12)22-17/h1-5,7,9-10,16,24H,6,8H2,(H,23,25). The summed E-state index contributed by atoms with van der Waals surface area (Å²) >= 11 is 5.69. The summed E-state index contributed by atoms with van der Waals surface area (Å²) in [5.41, 5.74) is 1.41. The minimum atomic E-state index is -0.576. The van der Waals surface area contributed by atoms with Crippen LogP contribution >= 0.6 is 11.6 Å². The van der Waals surface area contributed by atoms with E-state index in [1.807, 2.05) is 0 Å². The monoisotopic (exact) mass is 359 g/mol. The first-order chi connectivity index (χ1) is 12.1. The molecule has 7 heteroatoms. The van der Waals surface area contributed by atoms with Gasteiger partial charge in [0.25, 0.3) is 5.91 Å². The van der Waals surface area contributed by atoms with Crippen molar-refractivity contribution in [3.05, 3.63) is 70.9 Å². The van der Waals surface area contributed by atoms with Crippen LogP contribution in [0.4, 0.5) is 4.39 Å². The summed E-state index contributed by atoms with van der Waals surface area (Å²) in [4.78, 5) is 20.8. The number of aliphatic hydroxyl groups is 1. The van der Waals surface area contributed by atoms with Crippen LogP contribution in [0.15, 0.2) is 48.8 Å². The van der Waals surface area contributed by atoms with Gasteiger partial charge in [0.15, 0.2) is 0 Å². The van der Waals surface area contributed by atoms with Gasteiger partial charge in [0.05, 0.1) is 16.6 Å². The number of rotatable bonds is 5. The second-order valence-electron chi connectivity index (χ2n) is 5.48. The molecule has 5 nitrogen and oxygen atoms in total. The lowest BCUT2D eigenvalue weighted by molar-refractivity contribution is 0.0925. The van der Waals surface area contributed by atoms with Crippen molar-refractivity contribution in [3.63, 3.8) is 0 Å². The van der Waals surface area contributed by atoms with Crippen molar-refractivity contribution < 1.29 is 14.3 Å². The average Bonchev–Trinajstić information content (AvgIpc) is 2.63. The molecule has 1 atom stereocenters. The fourth-order valence-electron chi connectivity index (χ4n) is 2.50. The van der Waals surface area contributed by atoms with Gasteiger partial charge in [-0.15, -0.1) is 0 Å². The van der Waals surface area contributed by atoms with E-state index < -0.39 is 17.8 Å². The van der Waals surface area contributed by atoms with Gasteiger partial charge < -0.3 is 10.4 Å². The first kappa shape index (κ1) is 17.3. The topological polar surface area (TPSA) is 75.1 Å². The highest BCUT2D eigenvalue weighted by molar-refractivity contribution is 6.30. The van der Waals surface area contributed by atoms with E-state index in [4.69, 9.17) is 11.6 Å². The Labute approximate surface area is 148 Å². The van der Waals surface area contributed by atoms with Crippen LogP contribution in [-0.2, 0) is 0 Å². The molecular formula is C18H15ClFN3O2. The minimum Gasteiger partial charge on any atom is -0.396 e. The summed E-state index contributed by atoms with van der Waals surface area (Å²) in [6.45, 7) is -0.161. The number of hydrogen-bond acceptors (Lipinski definition) is 4. The summed E-state index contributed by atoms with van der Waals surface area (Å²) < 4.78 is 13.7. The number of halogens is 2. The highest BCUT2D eigenvalue weighted by atomic mass is 35.5. The zero-order chi connectivity index (χ0) is 17.8. The van der Waals surface area contributed by atoms with E-state index in [0.29, 0.717) is 11.1 Å². The summed E-state index contributed by atoms with van der Waals surface area (Å²) in [7, 11) is 0. The number of amides is 1. The van der Waals surface area contributed by atoms with Gasteiger partial charge >= 0.3 is 0 Å². The Morgan fingerprint density at radius 2 is 2.12 bits per heavy atom. The van der Waals surface area contributed by atoms with Gasteiger partial charge in [-0.2, -0.15) is 0 Å². The SMILES string of the molecule is O=C(NC(CCO)c1ccc(Cl)c(F)c1)c1ccc2cnccc2n1. The lowest BCUT2D eigenvalue weighted by Gasteiger charge is -2.18. The van der Waals surface area contributed by atoms with Gasteiger partial charge in [-0.1, -0.05) is 17.7 Å². The highest BCUT2D eigenvalue weighted by Gasteiger charge is 2.18. The molecule has 128 valence electrons. The van der Waals surface area contributed by atoms with E-state index >= 15 is 0 Å². The van der Waals surface area contributed by atoms with E-state index in [0.717, 1.165) is 5.39 Å². The highest BCUT2D eigenvalue weighted by Crippen LogP contribution is 2.23. The number of fused-ring (bicyclic) bond motifs is 1. The number of carbonyl (C=O) groups excluding carboxylic acids is 1. The first-order valence-electron chi connectivity index (χ1n) is 7.66. The van der Waals surface area contributed by atoms with E-state index in [9.17, 15) is 14.3 Å². The summed E-state index contributed by atoms with van der Waals surface area (Å²) in [6.07, 6.45) is 3.50. The van der Waals surface area contributed by atoms with Crippen LogP contribution in [0.5, 0.6) is 0 Å². The Balaban J connectivity index is 1.85. The first-order valence-corrected chi connectivity index (χ1v) is 8.03. The van der Waals surface area contributed by atoms with Gasteiger partial charge in [0.1, 0.15) is 11.5 Å². The van der Waals surface area contributed by atoms with E-state index in [-0.39, 0.29) is 23.7 Å². The van der Waals surface area contributed by atoms with Crippen LogP contribution in [-0.4, -0.2) is 27.6 Å². The normalized spacial score (nSPS) is 12.1. The molecule has 2 N–H and O–H groups in total. The molecule has 0 aliphatic rings.